The molecule has 0 spiro atoms. The van der Waals surface area contributed by atoms with Crippen molar-refractivity contribution in [3.63, 3.8) is 0 Å². The molecule has 0 aliphatic carbocycles. The molecule has 0 saturated heterocycles. The van der Waals surface area contributed by atoms with E-state index < -0.39 is 0 Å². The van der Waals surface area contributed by atoms with Crippen molar-refractivity contribution in [3.8, 4) is 0 Å². The predicted octanol–water partition coefficient (Wildman–Crippen LogP) is -0.794. The van der Waals surface area contributed by atoms with Crippen LogP contribution in [0.15, 0.2) is 0 Å². The van der Waals surface area contributed by atoms with E-state index in [2.05, 4.69) is 0 Å². The molecular weight excluding hydrogens is 220 g/mol. The summed E-state index contributed by atoms with van der Waals surface area (Å²) in [5, 5.41) is 7.00. The molecule has 2 nitrogen and oxygen atoms in total. The molecule has 0 saturated carbocycles. The van der Waals surface area contributed by atoms with E-state index in [1.165, 1.54) is 0 Å². The van der Waals surface area contributed by atoms with Crippen molar-refractivity contribution < 1.29 is 52.3 Å². The van der Waals surface area contributed by atoms with Gasteiger partial charge in [0.05, 0.1) is 0 Å². The van der Waals surface area contributed by atoms with Gasteiger partial charge in [-0.05, 0) is 0 Å². The summed E-state index contributed by atoms with van der Waals surface area (Å²) >= 11 is 0. The number of halogens is 1. The minimum absolute atomic E-state index is 0. The molecule has 0 amide bonds. The van der Waals surface area contributed by atoms with Gasteiger partial charge in [-0.25, -0.2) is 0 Å². The number of aliphatic hydroxyl groups is 1. The molecule has 0 aromatic rings. The van der Waals surface area contributed by atoms with Crippen molar-refractivity contribution in [2.75, 3.05) is 7.11 Å². The average Bonchev–Trinajstić information content (AvgIpc) is 1.00. The van der Waals surface area contributed by atoms with E-state index in [1.807, 2.05) is 0 Å². The van der Waals surface area contributed by atoms with Crippen LogP contribution in [0.25, 0.3) is 0 Å². The summed E-state index contributed by atoms with van der Waals surface area (Å²) in [7, 11) is 1.00. The average molecular weight is 227 g/mol. The number of rotatable bonds is 0. The van der Waals surface area contributed by atoms with Crippen LogP contribution in [-0.4, -0.2) is 17.7 Å². The molecule has 3 N–H and O–H groups in total. The van der Waals surface area contributed by atoms with Gasteiger partial charge in [-0.2, -0.15) is 0 Å². The van der Waals surface area contributed by atoms with Crippen molar-refractivity contribution in [3.05, 3.63) is 0 Å². The monoisotopic (exact) mass is 226 g/mol. The molecule has 0 rings (SSSR count). The largest absolute Gasteiger partial charge is 0.412 e. The second-order valence-corrected chi connectivity index (χ2v) is 0. The van der Waals surface area contributed by atoms with Crippen LogP contribution in [0.2, 0.25) is 0 Å². The fourth-order valence-electron chi connectivity index (χ4n) is 0. The third kappa shape index (κ3) is 28.5. The Labute approximate surface area is 71.1 Å². The third-order valence-electron chi connectivity index (χ3n) is 0. The van der Waals surface area contributed by atoms with Gasteiger partial charge in [0.1, 0.15) is 0 Å². The summed E-state index contributed by atoms with van der Waals surface area (Å²) in [5.41, 5.74) is 0. The Morgan fingerprint density at radius 2 is 1.20 bits per heavy atom. The topological polar surface area (TPSA) is 51.7 Å². The molecular formula is CH7CeClO2. The zero-order valence-corrected chi connectivity index (χ0v) is 6.81. The smallest absolute Gasteiger partial charge is 0.0319 e. The van der Waals surface area contributed by atoms with Gasteiger partial charge in [-0.1, -0.05) is 0 Å². The second kappa shape index (κ2) is 46.7. The minimum atomic E-state index is 0. The molecule has 0 fully saturated rings. The van der Waals surface area contributed by atoms with Gasteiger partial charge >= 0.3 is 0 Å². The van der Waals surface area contributed by atoms with Gasteiger partial charge < -0.3 is 10.6 Å². The maximum absolute atomic E-state index is 7.00. The Kier molecular flexibility index (Phi) is 287. The Morgan fingerprint density at radius 3 is 1.20 bits per heavy atom. The molecule has 0 aromatic heterocycles. The molecule has 0 aliphatic heterocycles. The van der Waals surface area contributed by atoms with Crippen LogP contribution in [-0.2, 0) is 0 Å². The van der Waals surface area contributed by atoms with E-state index in [1.54, 1.807) is 0 Å². The quantitative estimate of drug-likeness (QED) is 0.578. The van der Waals surface area contributed by atoms with E-state index in [9.17, 15) is 0 Å². The Hall–Kier alpha value is 1.59. The summed E-state index contributed by atoms with van der Waals surface area (Å²) in [5.74, 6) is 0. The van der Waals surface area contributed by atoms with Crippen LogP contribution in [0, 0.1) is 41.7 Å². The van der Waals surface area contributed by atoms with E-state index in [4.69, 9.17) is 5.11 Å². The normalized spacial score (nSPS) is 1.20. The molecule has 0 atom stereocenters. The molecule has 4 heteroatoms. The fraction of sp³-hybridized carbons (Fsp3) is 1.00. The van der Waals surface area contributed by atoms with Gasteiger partial charge in [0.25, 0.3) is 0 Å². The zero-order chi connectivity index (χ0) is 2.00. The first-order chi connectivity index (χ1) is 1.00. The summed E-state index contributed by atoms with van der Waals surface area (Å²) in [4.78, 5) is 0. The number of hydrogen-bond donors (Lipinski definition) is 1. The zero-order valence-electron chi connectivity index (χ0n) is 2.86. The maximum Gasteiger partial charge on any atom is 0.0319 e. The SMILES string of the molecule is CO.Cl.O.[Ce]. The predicted molar refractivity (Wildman–Crippen MR) is 19.0 cm³/mol. The Bertz CT molecular complexity index is 9.61. The third-order valence-corrected chi connectivity index (χ3v) is 0. The fourth-order valence-corrected chi connectivity index (χ4v) is 0. The number of aliphatic hydroxyl groups excluding tert-OH is 1. The van der Waals surface area contributed by atoms with Crippen LogP contribution in [0.3, 0.4) is 0 Å². The van der Waals surface area contributed by atoms with E-state index in [0.717, 1.165) is 7.11 Å². The van der Waals surface area contributed by atoms with Gasteiger partial charge in [0.15, 0.2) is 0 Å². The molecule has 0 unspecified atom stereocenters. The Balaban J connectivity index is -0.00000000167. The maximum atomic E-state index is 7.00. The van der Waals surface area contributed by atoms with Crippen molar-refractivity contribution in [1.29, 1.82) is 0 Å². The van der Waals surface area contributed by atoms with Crippen LogP contribution in [0.4, 0.5) is 0 Å². The summed E-state index contributed by atoms with van der Waals surface area (Å²) in [6, 6.07) is 0. The molecule has 5 heavy (non-hydrogen) atoms. The standard InChI is InChI=1S/CH4O.Ce.ClH.H2O/c1-2;;;/h2H,1H3;;1H;1H2. The van der Waals surface area contributed by atoms with Gasteiger partial charge in [0, 0.05) is 48.9 Å². The van der Waals surface area contributed by atoms with Gasteiger partial charge in [-0.3, -0.25) is 0 Å². The summed E-state index contributed by atoms with van der Waals surface area (Å²) in [6.07, 6.45) is 0. The first-order valence-electron chi connectivity index (χ1n) is 0.447. The molecule has 0 aliphatic rings. The first kappa shape index (κ1) is 30.7. The minimum Gasteiger partial charge on any atom is -0.412 e. The van der Waals surface area contributed by atoms with Crippen molar-refractivity contribution in [2.24, 2.45) is 0 Å². The van der Waals surface area contributed by atoms with Crippen LogP contribution in [0.5, 0.6) is 0 Å². The van der Waals surface area contributed by atoms with Crippen LogP contribution < -0.4 is 0 Å². The first-order valence-corrected chi connectivity index (χ1v) is 0.447. The second-order valence-electron chi connectivity index (χ2n) is 0. The molecule has 34 valence electrons. The summed E-state index contributed by atoms with van der Waals surface area (Å²) < 4.78 is 0. The molecule has 0 radical (unpaired) electrons. The van der Waals surface area contributed by atoms with Gasteiger partial charge in [-0.15, -0.1) is 12.4 Å². The van der Waals surface area contributed by atoms with E-state index >= 15 is 0 Å². The van der Waals surface area contributed by atoms with Crippen molar-refractivity contribution in [1.82, 2.24) is 0 Å². The molecule has 0 bridgehead atoms. The van der Waals surface area contributed by atoms with Gasteiger partial charge in [0.2, 0.25) is 0 Å². The number of hydrogen-bond acceptors (Lipinski definition) is 1. The molecule has 0 heterocycles. The molecule has 0 aromatic carbocycles. The van der Waals surface area contributed by atoms with E-state index in [0.29, 0.717) is 0 Å². The van der Waals surface area contributed by atoms with Crippen molar-refractivity contribution >= 4 is 12.4 Å². The van der Waals surface area contributed by atoms with E-state index in [-0.39, 0.29) is 59.6 Å². The van der Waals surface area contributed by atoms with Crippen LogP contribution in [0.1, 0.15) is 0 Å². The summed E-state index contributed by atoms with van der Waals surface area (Å²) in [6.45, 7) is 0. The Morgan fingerprint density at radius 1 is 1.20 bits per heavy atom. The van der Waals surface area contributed by atoms with Crippen LogP contribution >= 0.6 is 12.4 Å². The van der Waals surface area contributed by atoms with Crippen molar-refractivity contribution in [2.45, 2.75) is 0 Å².